The molecule has 1 amide bonds. The molecule has 0 radical (unpaired) electrons. The molecule has 4 rings (SSSR count). The Labute approximate surface area is 183 Å². The molecule has 0 spiro atoms. The Bertz CT molecular complexity index is 1020. The van der Waals surface area contributed by atoms with Crippen molar-refractivity contribution in [1.82, 2.24) is 15.2 Å². The van der Waals surface area contributed by atoms with Gasteiger partial charge in [0.1, 0.15) is 5.82 Å². The number of halogens is 1. The molecule has 0 aliphatic carbocycles. The molecule has 1 aliphatic rings. The second-order valence-corrected chi connectivity index (χ2v) is 8.26. The number of carbonyl (C=O) groups is 1. The van der Waals surface area contributed by atoms with E-state index in [0.717, 1.165) is 49.3 Å². The van der Waals surface area contributed by atoms with Gasteiger partial charge in [0.05, 0.1) is 11.7 Å². The highest BCUT2D eigenvalue weighted by atomic mass is 19.1. The number of benzene rings is 2. The Morgan fingerprint density at radius 1 is 1.10 bits per heavy atom. The number of likely N-dealkylation sites (tertiary alicyclic amines) is 1. The Balaban J connectivity index is 1.45. The van der Waals surface area contributed by atoms with Crippen LogP contribution in [0.5, 0.6) is 0 Å². The predicted octanol–water partition coefficient (Wildman–Crippen LogP) is 4.91. The first-order chi connectivity index (χ1) is 15.1. The van der Waals surface area contributed by atoms with Gasteiger partial charge in [-0.25, -0.2) is 4.39 Å². The number of hydrogen-bond acceptors (Lipinski definition) is 3. The van der Waals surface area contributed by atoms with E-state index in [0.29, 0.717) is 11.5 Å². The predicted molar refractivity (Wildman–Crippen MR) is 120 cm³/mol. The number of carbonyl (C=O) groups excluding carboxylic acids is 1. The molecule has 3 aromatic rings. The second-order valence-electron chi connectivity index (χ2n) is 8.26. The van der Waals surface area contributed by atoms with Crippen molar-refractivity contribution >= 4 is 5.91 Å². The van der Waals surface area contributed by atoms with Gasteiger partial charge in [-0.05, 0) is 80.2 Å². The van der Waals surface area contributed by atoms with Crippen molar-refractivity contribution in [2.45, 2.75) is 32.4 Å². The highest BCUT2D eigenvalue weighted by Crippen LogP contribution is 2.31. The van der Waals surface area contributed by atoms with Gasteiger partial charge in [-0.2, -0.15) is 0 Å². The maximum absolute atomic E-state index is 13.5. The molecule has 1 saturated heterocycles. The Kier molecular flexibility index (Phi) is 6.73. The van der Waals surface area contributed by atoms with Gasteiger partial charge < -0.3 is 5.32 Å². The molecule has 1 aromatic heterocycles. The molecule has 4 nitrogen and oxygen atoms in total. The molecule has 5 heteroatoms. The molecule has 2 aromatic carbocycles. The maximum atomic E-state index is 13.5. The minimum absolute atomic E-state index is 0.0593. The van der Waals surface area contributed by atoms with Crippen LogP contribution in [0.2, 0.25) is 0 Å². The smallest absolute Gasteiger partial charge is 0.252 e. The lowest BCUT2D eigenvalue weighted by Crippen LogP contribution is -2.41. The summed E-state index contributed by atoms with van der Waals surface area (Å²) < 4.78 is 13.5. The van der Waals surface area contributed by atoms with E-state index in [9.17, 15) is 9.18 Å². The largest absolute Gasteiger partial charge is 0.343 e. The average Bonchev–Trinajstić information content (AvgIpc) is 2.79. The lowest BCUT2D eigenvalue weighted by Gasteiger charge is -2.36. The number of amides is 1. The molecule has 2 heterocycles. The van der Waals surface area contributed by atoms with Crippen molar-refractivity contribution in [3.63, 3.8) is 0 Å². The van der Waals surface area contributed by atoms with Crippen LogP contribution in [0.15, 0.2) is 72.9 Å². The minimum Gasteiger partial charge on any atom is -0.343 e. The number of aromatic nitrogens is 1. The van der Waals surface area contributed by atoms with Crippen LogP contribution in [0.1, 0.15) is 46.1 Å². The zero-order chi connectivity index (χ0) is 21.6. The van der Waals surface area contributed by atoms with Crippen LogP contribution >= 0.6 is 0 Å². The van der Waals surface area contributed by atoms with Crippen LogP contribution in [0.4, 0.5) is 4.39 Å². The molecular formula is C26H28FN3O. The Hall–Kier alpha value is -3.05. The van der Waals surface area contributed by atoms with E-state index < -0.39 is 0 Å². The van der Waals surface area contributed by atoms with Crippen LogP contribution < -0.4 is 5.32 Å². The monoisotopic (exact) mass is 417 g/mol. The van der Waals surface area contributed by atoms with Gasteiger partial charge in [-0.3, -0.25) is 14.7 Å². The summed E-state index contributed by atoms with van der Waals surface area (Å²) in [6, 6.07) is 20.2. The first-order valence-corrected chi connectivity index (χ1v) is 10.8. The van der Waals surface area contributed by atoms with Crippen molar-refractivity contribution in [3.8, 4) is 0 Å². The zero-order valence-corrected chi connectivity index (χ0v) is 17.8. The van der Waals surface area contributed by atoms with Gasteiger partial charge in [0, 0.05) is 18.3 Å². The summed E-state index contributed by atoms with van der Waals surface area (Å²) in [5.41, 5.74) is 3.55. The van der Waals surface area contributed by atoms with E-state index >= 15 is 0 Å². The van der Waals surface area contributed by atoms with Crippen molar-refractivity contribution < 1.29 is 9.18 Å². The van der Waals surface area contributed by atoms with Crippen molar-refractivity contribution in [2.24, 2.45) is 5.92 Å². The summed E-state index contributed by atoms with van der Waals surface area (Å²) >= 11 is 0. The van der Waals surface area contributed by atoms with Crippen LogP contribution in [-0.4, -0.2) is 28.9 Å². The summed E-state index contributed by atoms with van der Waals surface area (Å²) in [7, 11) is 0. The van der Waals surface area contributed by atoms with E-state index in [2.05, 4.69) is 15.2 Å². The van der Waals surface area contributed by atoms with E-state index in [4.69, 9.17) is 0 Å². The average molecular weight is 418 g/mol. The lowest BCUT2D eigenvalue weighted by molar-refractivity contribution is 0.0887. The SMILES string of the molecule is Cc1ccccc1C(=O)NC(c1ccccn1)C1CCN(Cc2cccc(F)c2)CC1. The molecule has 31 heavy (non-hydrogen) atoms. The first kappa shape index (κ1) is 21.2. The summed E-state index contributed by atoms with van der Waals surface area (Å²) in [5, 5.41) is 3.26. The van der Waals surface area contributed by atoms with Gasteiger partial charge >= 0.3 is 0 Å². The molecule has 160 valence electrons. The molecule has 1 aliphatic heterocycles. The molecule has 1 atom stereocenters. The zero-order valence-electron chi connectivity index (χ0n) is 17.8. The summed E-state index contributed by atoms with van der Waals surface area (Å²) in [6.45, 7) is 4.51. The number of aryl methyl sites for hydroxylation is 1. The molecule has 0 saturated carbocycles. The van der Waals surface area contributed by atoms with Crippen LogP contribution in [0.3, 0.4) is 0 Å². The van der Waals surface area contributed by atoms with Crippen molar-refractivity contribution in [3.05, 3.63) is 101 Å². The van der Waals surface area contributed by atoms with Gasteiger partial charge in [-0.1, -0.05) is 36.4 Å². The number of nitrogens with one attached hydrogen (secondary N) is 1. The van der Waals surface area contributed by atoms with Gasteiger partial charge in [0.25, 0.3) is 5.91 Å². The molecule has 1 N–H and O–H groups in total. The summed E-state index contributed by atoms with van der Waals surface area (Å²) in [6.07, 6.45) is 3.68. The van der Waals surface area contributed by atoms with Crippen LogP contribution in [0, 0.1) is 18.7 Å². The van der Waals surface area contributed by atoms with Crippen LogP contribution in [-0.2, 0) is 6.54 Å². The fraction of sp³-hybridized carbons (Fsp3) is 0.308. The molecule has 0 bridgehead atoms. The van der Waals surface area contributed by atoms with E-state index in [1.54, 1.807) is 18.3 Å². The number of piperidine rings is 1. The quantitative estimate of drug-likeness (QED) is 0.620. The molecule has 1 unspecified atom stereocenters. The number of hydrogen-bond donors (Lipinski definition) is 1. The van der Waals surface area contributed by atoms with E-state index in [-0.39, 0.29) is 17.8 Å². The van der Waals surface area contributed by atoms with Crippen LogP contribution in [0.25, 0.3) is 0 Å². The first-order valence-electron chi connectivity index (χ1n) is 10.8. The Morgan fingerprint density at radius 2 is 1.87 bits per heavy atom. The second kappa shape index (κ2) is 9.84. The van der Waals surface area contributed by atoms with E-state index in [1.165, 1.54) is 6.07 Å². The standard InChI is InChI=1S/C26H28FN3O/c1-19-7-2-3-10-23(19)26(31)29-25(24-11-4-5-14-28-24)21-12-15-30(16-13-21)18-20-8-6-9-22(27)17-20/h2-11,14,17,21,25H,12-13,15-16,18H2,1H3,(H,29,31). The third-order valence-corrected chi connectivity index (χ3v) is 6.08. The van der Waals surface area contributed by atoms with Crippen molar-refractivity contribution in [2.75, 3.05) is 13.1 Å². The molecular weight excluding hydrogens is 389 g/mol. The number of pyridine rings is 1. The highest BCUT2D eigenvalue weighted by Gasteiger charge is 2.30. The lowest BCUT2D eigenvalue weighted by atomic mass is 9.86. The topological polar surface area (TPSA) is 45.2 Å². The van der Waals surface area contributed by atoms with E-state index in [1.807, 2.05) is 55.5 Å². The van der Waals surface area contributed by atoms with Crippen molar-refractivity contribution in [1.29, 1.82) is 0 Å². The summed E-state index contributed by atoms with van der Waals surface area (Å²) in [5.74, 6) is 0.0455. The summed E-state index contributed by atoms with van der Waals surface area (Å²) in [4.78, 5) is 19.9. The normalized spacial score (nSPS) is 16.1. The minimum atomic E-state index is -0.193. The molecule has 1 fully saturated rings. The fourth-order valence-electron chi connectivity index (χ4n) is 4.38. The number of rotatable bonds is 6. The third kappa shape index (κ3) is 5.36. The fourth-order valence-corrected chi connectivity index (χ4v) is 4.38. The van der Waals surface area contributed by atoms with Gasteiger partial charge in [-0.15, -0.1) is 0 Å². The van der Waals surface area contributed by atoms with Gasteiger partial charge in [0.15, 0.2) is 0 Å². The number of nitrogens with zero attached hydrogens (tertiary/aromatic N) is 2. The third-order valence-electron chi connectivity index (χ3n) is 6.08. The van der Waals surface area contributed by atoms with Gasteiger partial charge in [0.2, 0.25) is 0 Å². The Morgan fingerprint density at radius 3 is 2.58 bits per heavy atom. The maximum Gasteiger partial charge on any atom is 0.252 e. The highest BCUT2D eigenvalue weighted by molar-refractivity contribution is 5.95.